The molecule has 0 radical (unpaired) electrons. The summed E-state index contributed by atoms with van der Waals surface area (Å²) in [6.07, 6.45) is 0. The van der Waals surface area contributed by atoms with Gasteiger partial charge in [0.2, 0.25) is 11.3 Å². The highest BCUT2D eigenvalue weighted by atomic mass is 32.2. The third-order valence-corrected chi connectivity index (χ3v) is 7.63. The Labute approximate surface area is 209 Å². The lowest BCUT2D eigenvalue weighted by atomic mass is 10.0. The van der Waals surface area contributed by atoms with Crippen LogP contribution in [-0.2, 0) is 16.6 Å². The molecule has 4 aromatic carbocycles. The monoisotopic (exact) mass is 497 g/mol. The summed E-state index contributed by atoms with van der Waals surface area (Å²) in [4.78, 5) is 13.8. The number of benzene rings is 4. The Hall–Kier alpha value is -4.36. The molecule has 0 N–H and O–H groups in total. The van der Waals surface area contributed by atoms with Crippen LogP contribution >= 0.6 is 0 Å². The summed E-state index contributed by atoms with van der Waals surface area (Å²) in [5, 5.41) is 0.376. The van der Waals surface area contributed by atoms with E-state index in [1.54, 1.807) is 60.7 Å². The third kappa shape index (κ3) is 4.36. The van der Waals surface area contributed by atoms with Crippen LogP contribution in [0.15, 0.2) is 123 Å². The van der Waals surface area contributed by atoms with Gasteiger partial charge in [-0.1, -0.05) is 72.8 Å². The number of sulfonamides is 1. The summed E-state index contributed by atoms with van der Waals surface area (Å²) in [5.74, 6) is 0.496. The van der Waals surface area contributed by atoms with Crippen LogP contribution in [0, 0.1) is 0 Å². The highest BCUT2D eigenvalue weighted by Crippen LogP contribution is 2.36. The number of rotatable bonds is 7. The van der Waals surface area contributed by atoms with Gasteiger partial charge in [-0.3, -0.25) is 4.79 Å². The minimum atomic E-state index is -4.15. The predicted molar refractivity (Wildman–Crippen MR) is 141 cm³/mol. The molecular formula is C29H23NO5S. The van der Waals surface area contributed by atoms with E-state index in [4.69, 9.17) is 9.15 Å². The first kappa shape index (κ1) is 23.4. The molecule has 36 heavy (non-hydrogen) atoms. The van der Waals surface area contributed by atoms with E-state index in [0.29, 0.717) is 22.3 Å². The fourth-order valence-corrected chi connectivity index (χ4v) is 5.46. The van der Waals surface area contributed by atoms with E-state index in [9.17, 15) is 13.2 Å². The number of ether oxygens (including phenoxy) is 1. The number of nitrogens with zero attached hydrogens (tertiary/aromatic N) is 1. The minimum Gasteiger partial charge on any atom is -0.497 e. The third-order valence-electron chi connectivity index (χ3n) is 5.88. The smallest absolute Gasteiger partial charge is 0.266 e. The van der Waals surface area contributed by atoms with Gasteiger partial charge in [0.05, 0.1) is 29.5 Å². The summed E-state index contributed by atoms with van der Waals surface area (Å²) in [6, 6.07) is 31.1. The summed E-state index contributed by atoms with van der Waals surface area (Å²) < 4.78 is 40.8. The molecule has 0 aliphatic carbocycles. The van der Waals surface area contributed by atoms with E-state index in [2.05, 4.69) is 0 Å². The molecule has 0 saturated carbocycles. The average molecular weight is 498 g/mol. The van der Waals surface area contributed by atoms with E-state index >= 15 is 0 Å². The maximum absolute atomic E-state index is 14.1. The highest BCUT2D eigenvalue weighted by Gasteiger charge is 2.31. The average Bonchev–Trinajstić information content (AvgIpc) is 2.92. The van der Waals surface area contributed by atoms with Crippen molar-refractivity contribution in [1.82, 2.24) is 0 Å². The lowest BCUT2D eigenvalue weighted by molar-refractivity contribution is 0.414. The van der Waals surface area contributed by atoms with Crippen molar-refractivity contribution in [2.45, 2.75) is 11.4 Å². The van der Waals surface area contributed by atoms with E-state index in [-0.39, 0.29) is 28.3 Å². The number of hydrogen-bond donors (Lipinski definition) is 0. The molecule has 0 bridgehead atoms. The van der Waals surface area contributed by atoms with Gasteiger partial charge in [-0.2, -0.15) is 0 Å². The van der Waals surface area contributed by atoms with Crippen LogP contribution in [0.5, 0.6) is 5.75 Å². The van der Waals surface area contributed by atoms with Gasteiger partial charge in [0, 0.05) is 0 Å². The summed E-state index contributed by atoms with van der Waals surface area (Å²) >= 11 is 0. The molecule has 0 aliphatic heterocycles. The van der Waals surface area contributed by atoms with Gasteiger partial charge in [-0.15, -0.1) is 0 Å². The lowest BCUT2D eigenvalue weighted by Gasteiger charge is -2.25. The molecule has 1 heterocycles. The predicted octanol–water partition coefficient (Wildman–Crippen LogP) is 5.86. The maximum Gasteiger partial charge on any atom is 0.266 e. The Bertz CT molecular complexity index is 1660. The Morgan fingerprint density at radius 2 is 1.39 bits per heavy atom. The van der Waals surface area contributed by atoms with Crippen LogP contribution in [0.25, 0.3) is 22.1 Å². The molecule has 7 heteroatoms. The molecule has 6 nitrogen and oxygen atoms in total. The Morgan fingerprint density at radius 3 is 2.06 bits per heavy atom. The van der Waals surface area contributed by atoms with Crippen LogP contribution in [0.2, 0.25) is 0 Å². The van der Waals surface area contributed by atoms with Crippen LogP contribution in [-0.4, -0.2) is 15.5 Å². The van der Waals surface area contributed by atoms with Crippen molar-refractivity contribution in [1.29, 1.82) is 0 Å². The first-order valence-corrected chi connectivity index (χ1v) is 12.7. The van der Waals surface area contributed by atoms with E-state index < -0.39 is 10.0 Å². The Morgan fingerprint density at radius 1 is 0.778 bits per heavy atom. The van der Waals surface area contributed by atoms with E-state index in [1.807, 2.05) is 36.4 Å². The van der Waals surface area contributed by atoms with Crippen LogP contribution in [0.3, 0.4) is 0 Å². The zero-order valence-electron chi connectivity index (χ0n) is 19.5. The summed E-state index contributed by atoms with van der Waals surface area (Å²) in [6.45, 7) is -0.0314. The highest BCUT2D eigenvalue weighted by molar-refractivity contribution is 7.92. The van der Waals surface area contributed by atoms with Crippen molar-refractivity contribution >= 4 is 26.9 Å². The molecule has 180 valence electrons. The standard InChI is InChI=1S/C29H23NO5S/c1-34-23-16-18-24(19-17-23)36(32,33)30(20-21-10-4-2-5-11-21)29-27(22-12-6-3-7-13-22)28(31)25-14-8-9-15-26(25)35-29/h2-19H,20H2,1H3. The van der Waals surface area contributed by atoms with Crippen molar-refractivity contribution in [2.24, 2.45) is 0 Å². The first-order chi connectivity index (χ1) is 17.5. The van der Waals surface area contributed by atoms with E-state index in [0.717, 1.165) is 5.56 Å². The zero-order chi connectivity index (χ0) is 25.1. The summed E-state index contributed by atoms with van der Waals surface area (Å²) in [7, 11) is -2.63. The molecule has 5 rings (SSSR count). The molecule has 0 atom stereocenters. The SMILES string of the molecule is COc1ccc(S(=O)(=O)N(Cc2ccccc2)c2oc3ccccc3c(=O)c2-c2ccccc2)cc1. The Balaban J connectivity index is 1.80. The topological polar surface area (TPSA) is 76.8 Å². The molecule has 0 saturated heterocycles. The number of anilines is 1. The Kier molecular flexibility index (Phi) is 6.31. The summed E-state index contributed by atoms with van der Waals surface area (Å²) in [5.41, 5.74) is 1.49. The van der Waals surface area contributed by atoms with Gasteiger partial charge in [0.25, 0.3) is 10.0 Å². The molecule has 5 aromatic rings. The van der Waals surface area contributed by atoms with Crippen LogP contribution in [0.1, 0.15) is 5.56 Å². The quantitative estimate of drug-likeness (QED) is 0.281. The zero-order valence-corrected chi connectivity index (χ0v) is 20.3. The minimum absolute atomic E-state index is 0.0314. The van der Waals surface area contributed by atoms with Crippen molar-refractivity contribution in [3.63, 3.8) is 0 Å². The largest absolute Gasteiger partial charge is 0.497 e. The molecular weight excluding hydrogens is 474 g/mol. The maximum atomic E-state index is 14.1. The molecule has 1 aromatic heterocycles. The van der Waals surface area contributed by atoms with Crippen molar-refractivity contribution in [3.8, 4) is 16.9 Å². The second kappa shape index (κ2) is 9.71. The van der Waals surface area contributed by atoms with Crippen molar-refractivity contribution in [3.05, 3.63) is 125 Å². The van der Waals surface area contributed by atoms with Gasteiger partial charge in [0.15, 0.2) is 0 Å². The van der Waals surface area contributed by atoms with Crippen molar-refractivity contribution in [2.75, 3.05) is 11.4 Å². The number of para-hydroxylation sites is 1. The molecule has 0 unspecified atom stereocenters. The second-order valence-electron chi connectivity index (χ2n) is 8.15. The van der Waals surface area contributed by atoms with Gasteiger partial charge >= 0.3 is 0 Å². The van der Waals surface area contributed by atoms with Gasteiger partial charge in [-0.05, 0) is 47.5 Å². The van der Waals surface area contributed by atoms with Crippen LogP contribution < -0.4 is 14.5 Å². The van der Waals surface area contributed by atoms with E-state index in [1.165, 1.54) is 23.5 Å². The van der Waals surface area contributed by atoms with Gasteiger partial charge < -0.3 is 9.15 Å². The molecule has 0 amide bonds. The molecule has 0 fully saturated rings. The fraction of sp³-hybridized carbons (Fsp3) is 0.0690. The normalized spacial score (nSPS) is 11.4. The molecule has 0 aliphatic rings. The van der Waals surface area contributed by atoms with Gasteiger partial charge in [-0.25, -0.2) is 12.7 Å². The van der Waals surface area contributed by atoms with Crippen LogP contribution in [0.4, 0.5) is 5.88 Å². The second-order valence-corrected chi connectivity index (χ2v) is 10.0. The first-order valence-electron chi connectivity index (χ1n) is 11.3. The molecule has 0 spiro atoms. The number of methoxy groups -OCH3 is 1. The lowest BCUT2D eigenvalue weighted by Crippen LogP contribution is -2.32. The fourth-order valence-electron chi connectivity index (χ4n) is 4.06. The number of hydrogen-bond acceptors (Lipinski definition) is 5. The van der Waals surface area contributed by atoms with Gasteiger partial charge in [0.1, 0.15) is 11.3 Å². The number of fused-ring (bicyclic) bond motifs is 1. The van der Waals surface area contributed by atoms with Crippen molar-refractivity contribution < 1.29 is 17.6 Å².